The second-order valence-corrected chi connectivity index (χ2v) is 6.22. The Morgan fingerprint density at radius 2 is 1.79 bits per heavy atom. The van der Waals surface area contributed by atoms with Crippen LogP contribution in [0.3, 0.4) is 0 Å². The summed E-state index contributed by atoms with van der Waals surface area (Å²) in [5.41, 5.74) is 0.932. The first-order chi connectivity index (χ1) is 13.4. The Morgan fingerprint density at radius 1 is 1.07 bits per heavy atom. The fourth-order valence-electron chi connectivity index (χ4n) is 2.56. The van der Waals surface area contributed by atoms with E-state index >= 15 is 0 Å². The van der Waals surface area contributed by atoms with Crippen LogP contribution in [0.4, 0.5) is 9.18 Å². The third-order valence-electron chi connectivity index (χ3n) is 4.03. The fourth-order valence-corrected chi connectivity index (χ4v) is 2.56. The van der Waals surface area contributed by atoms with E-state index in [9.17, 15) is 24.2 Å². The molecule has 150 valence electrons. The van der Waals surface area contributed by atoms with Crippen molar-refractivity contribution in [3.63, 3.8) is 0 Å². The number of benzene rings is 2. The minimum Gasteiger partial charge on any atom is -0.481 e. The number of amides is 1. The van der Waals surface area contributed by atoms with E-state index in [2.05, 4.69) is 5.32 Å². The van der Waals surface area contributed by atoms with Gasteiger partial charge < -0.3 is 25.4 Å². The molecule has 28 heavy (non-hydrogen) atoms. The van der Waals surface area contributed by atoms with Gasteiger partial charge in [0, 0.05) is 12.1 Å². The van der Waals surface area contributed by atoms with Gasteiger partial charge in [-0.05, 0) is 23.6 Å². The van der Waals surface area contributed by atoms with Crippen LogP contribution in [0, 0.1) is 5.82 Å². The monoisotopic (exact) mass is 391 g/mol. The molecule has 2 aromatic rings. The average Bonchev–Trinajstić information content (AvgIpc) is 2.66. The summed E-state index contributed by atoms with van der Waals surface area (Å²) in [6, 6.07) is 12.7. The van der Waals surface area contributed by atoms with Gasteiger partial charge in [0.15, 0.2) is 0 Å². The van der Waals surface area contributed by atoms with Crippen LogP contribution < -0.4 is 5.32 Å². The standard InChI is InChI=1S/C20H22FNO6/c21-16-10-14(11-18(24)25)6-7-15(16)19(26)17(23)8-9-22-20(27)28-12-13-4-2-1-3-5-13/h1-7,10,17,19,23,26H,8-9,11-12H2,(H,22,27)(H,24,25). The van der Waals surface area contributed by atoms with E-state index in [1.165, 1.54) is 12.1 Å². The molecule has 2 atom stereocenters. The Balaban J connectivity index is 1.78. The number of aliphatic hydroxyl groups is 2. The second-order valence-electron chi connectivity index (χ2n) is 6.22. The van der Waals surface area contributed by atoms with E-state index in [1.54, 1.807) is 0 Å². The number of rotatable bonds is 9. The van der Waals surface area contributed by atoms with Gasteiger partial charge in [-0.1, -0.05) is 42.5 Å². The van der Waals surface area contributed by atoms with Gasteiger partial charge in [-0.2, -0.15) is 0 Å². The number of alkyl carbamates (subject to hydrolysis) is 1. The summed E-state index contributed by atoms with van der Waals surface area (Å²) in [5, 5.41) is 31.3. The summed E-state index contributed by atoms with van der Waals surface area (Å²) in [7, 11) is 0. The second kappa shape index (κ2) is 10.4. The normalized spacial score (nSPS) is 12.8. The van der Waals surface area contributed by atoms with Crippen molar-refractivity contribution >= 4 is 12.1 Å². The molecule has 0 bridgehead atoms. The van der Waals surface area contributed by atoms with Crippen LogP contribution in [0.25, 0.3) is 0 Å². The zero-order valence-corrected chi connectivity index (χ0v) is 15.0. The molecule has 0 aliphatic heterocycles. The molecule has 0 saturated heterocycles. The van der Waals surface area contributed by atoms with Crippen molar-refractivity contribution in [3.8, 4) is 0 Å². The van der Waals surface area contributed by atoms with Crippen molar-refractivity contribution < 1.29 is 34.0 Å². The van der Waals surface area contributed by atoms with E-state index < -0.39 is 30.1 Å². The Hall–Kier alpha value is -2.97. The lowest BCUT2D eigenvalue weighted by molar-refractivity contribution is -0.136. The molecule has 0 aromatic heterocycles. The average molecular weight is 391 g/mol. The number of ether oxygens (including phenoxy) is 1. The highest BCUT2D eigenvalue weighted by Crippen LogP contribution is 2.23. The number of aliphatic hydroxyl groups excluding tert-OH is 2. The Bertz CT molecular complexity index is 799. The highest BCUT2D eigenvalue weighted by atomic mass is 19.1. The molecule has 0 saturated carbocycles. The molecule has 0 spiro atoms. The number of carbonyl (C=O) groups excluding carboxylic acids is 1. The molecule has 8 heteroatoms. The lowest BCUT2D eigenvalue weighted by Crippen LogP contribution is -2.30. The third kappa shape index (κ3) is 6.64. The molecule has 4 N–H and O–H groups in total. The van der Waals surface area contributed by atoms with E-state index in [1.807, 2.05) is 30.3 Å². The van der Waals surface area contributed by atoms with Gasteiger partial charge >= 0.3 is 12.1 Å². The Morgan fingerprint density at radius 3 is 2.43 bits per heavy atom. The maximum absolute atomic E-state index is 14.1. The van der Waals surface area contributed by atoms with Crippen LogP contribution in [0.5, 0.6) is 0 Å². The largest absolute Gasteiger partial charge is 0.481 e. The first-order valence-corrected chi connectivity index (χ1v) is 8.67. The topological polar surface area (TPSA) is 116 Å². The van der Waals surface area contributed by atoms with Crippen LogP contribution in [-0.4, -0.2) is 40.0 Å². The Labute approximate surface area is 161 Å². The third-order valence-corrected chi connectivity index (χ3v) is 4.03. The summed E-state index contributed by atoms with van der Waals surface area (Å²) in [6.07, 6.45) is -3.88. The Kier molecular flexibility index (Phi) is 7.91. The maximum atomic E-state index is 14.1. The number of carboxylic acids is 1. The lowest BCUT2D eigenvalue weighted by atomic mass is 9.99. The highest BCUT2D eigenvalue weighted by molar-refractivity contribution is 5.70. The smallest absolute Gasteiger partial charge is 0.407 e. The van der Waals surface area contributed by atoms with E-state index in [-0.39, 0.29) is 37.1 Å². The van der Waals surface area contributed by atoms with Crippen LogP contribution in [0.15, 0.2) is 48.5 Å². The lowest BCUT2D eigenvalue weighted by Gasteiger charge is -2.19. The highest BCUT2D eigenvalue weighted by Gasteiger charge is 2.22. The number of halogens is 1. The molecule has 0 heterocycles. The SMILES string of the molecule is O=C(O)Cc1ccc(C(O)C(O)CCNC(=O)OCc2ccccc2)c(F)c1. The molecule has 2 unspecified atom stereocenters. The van der Waals surface area contributed by atoms with Crippen molar-refractivity contribution in [2.45, 2.75) is 31.7 Å². The zero-order chi connectivity index (χ0) is 20.5. The van der Waals surface area contributed by atoms with Crippen LogP contribution >= 0.6 is 0 Å². The molecule has 0 aliphatic rings. The van der Waals surface area contributed by atoms with E-state index in [0.717, 1.165) is 11.6 Å². The minimum atomic E-state index is -1.51. The first-order valence-electron chi connectivity index (χ1n) is 8.67. The summed E-state index contributed by atoms with van der Waals surface area (Å²) >= 11 is 0. The molecule has 7 nitrogen and oxygen atoms in total. The molecule has 0 fully saturated rings. The summed E-state index contributed by atoms with van der Waals surface area (Å²) in [4.78, 5) is 22.3. The fraction of sp³-hybridized carbons (Fsp3) is 0.300. The predicted octanol–water partition coefficient (Wildman–Crippen LogP) is 2.16. The van der Waals surface area contributed by atoms with Crippen LogP contribution in [0.2, 0.25) is 0 Å². The van der Waals surface area contributed by atoms with Crippen LogP contribution in [-0.2, 0) is 22.6 Å². The van der Waals surface area contributed by atoms with E-state index in [4.69, 9.17) is 9.84 Å². The first kappa shape index (κ1) is 21.3. The molecular formula is C20H22FNO6. The number of nitrogens with one attached hydrogen (secondary N) is 1. The van der Waals surface area contributed by atoms with Crippen molar-refractivity contribution in [3.05, 3.63) is 71.0 Å². The molecule has 2 aromatic carbocycles. The van der Waals surface area contributed by atoms with Gasteiger partial charge in [0.05, 0.1) is 12.5 Å². The number of hydrogen-bond acceptors (Lipinski definition) is 5. The predicted molar refractivity (Wildman–Crippen MR) is 98.0 cm³/mol. The number of aliphatic carboxylic acids is 1. The molecule has 1 amide bonds. The molecular weight excluding hydrogens is 369 g/mol. The van der Waals surface area contributed by atoms with Gasteiger partial charge in [0.25, 0.3) is 0 Å². The van der Waals surface area contributed by atoms with Crippen LogP contribution in [0.1, 0.15) is 29.2 Å². The quantitative estimate of drug-likeness (QED) is 0.521. The van der Waals surface area contributed by atoms with Gasteiger partial charge in [-0.25, -0.2) is 9.18 Å². The zero-order valence-electron chi connectivity index (χ0n) is 15.0. The molecule has 2 rings (SSSR count). The van der Waals surface area contributed by atoms with Gasteiger partial charge in [-0.15, -0.1) is 0 Å². The van der Waals surface area contributed by atoms with Crippen molar-refractivity contribution in [1.29, 1.82) is 0 Å². The van der Waals surface area contributed by atoms with Crippen molar-refractivity contribution in [1.82, 2.24) is 5.32 Å². The van der Waals surface area contributed by atoms with Gasteiger partial charge in [0.2, 0.25) is 0 Å². The van der Waals surface area contributed by atoms with Gasteiger partial charge in [-0.3, -0.25) is 4.79 Å². The number of carboxylic acid groups (broad SMARTS) is 1. The van der Waals surface area contributed by atoms with Gasteiger partial charge in [0.1, 0.15) is 18.5 Å². The molecule has 0 aliphatic carbocycles. The van der Waals surface area contributed by atoms with E-state index in [0.29, 0.717) is 0 Å². The number of carbonyl (C=O) groups is 2. The maximum Gasteiger partial charge on any atom is 0.407 e. The number of hydrogen-bond donors (Lipinski definition) is 4. The molecule has 0 radical (unpaired) electrons. The van der Waals surface area contributed by atoms with Crippen molar-refractivity contribution in [2.24, 2.45) is 0 Å². The van der Waals surface area contributed by atoms with Crippen molar-refractivity contribution in [2.75, 3.05) is 6.54 Å². The minimum absolute atomic E-state index is 0.0184. The summed E-state index contributed by atoms with van der Waals surface area (Å²) < 4.78 is 19.1. The summed E-state index contributed by atoms with van der Waals surface area (Å²) in [6.45, 7) is 0.121. The summed E-state index contributed by atoms with van der Waals surface area (Å²) in [5.74, 6) is -1.90.